The summed E-state index contributed by atoms with van der Waals surface area (Å²) in [6, 6.07) is 6.51. The van der Waals surface area contributed by atoms with Gasteiger partial charge in [-0.2, -0.15) is 0 Å². The summed E-state index contributed by atoms with van der Waals surface area (Å²) in [4.78, 5) is 1.27. The van der Waals surface area contributed by atoms with Crippen LogP contribution in [-0.4, -0.2) is 29.3 Å². The number of hydrogen-bond acceptors (Lipinski definition) is 4. The topological polar surface area (TPSA) is 41.5 Å². The van der Waals surface area contributed by atoms with Crippen LogP contribution >= 0.6 is 19.7 Å². The van der Waals surface area contributed by atoms with Crippen LogP contribution in [0, 0.1) is 6.92 Å². The molecule has 1 rings (SSSR count). The van der Waals surface area contributed by atoms with Gasteiger partial charge in [0.15, 0.2) is 11.5 Å². The van der Waals surface area contributed by atoms with E-state index in [4.69, 9.17) is 4.52 Å². The third-order valence-electron chi connectivity index (χ3n) is 2.57. The third-order valence-corrected chi connectivity index (χ3v) is 5.19. The summed E-state index contributed by atoms with van der Waals surface area (Å²) in [6.07, 6.45) is 2.37. The summed E-state index contributed by atoms with van der Waals surface area (Å²) in [5.41, 5.74) is 1.23. The average molecular weight is 314 g/mol. The molecule has 5 heteroatoms. The van der Waals surface area contributed by atoms with Gasteiger partial charge in [-0.3, -0.25) is 4.52 Å². The van der Waals surface area contributed by atoms with E-state index in [1.807, 2.05) is 11.9 Å². The Bertz CT molecular complexity index is 461. The lowest BCUT2D eigenvalue weighted by Crippen LogP contribution is -2.17. The van der Waals surface area contributed by atoms with Crippen LogP contribution in [0.3, 0.4) is 0 Å². The highest BCUT2D eigenvalue weighted by Crippen LogP contribution is 2.30. The lowest BCUT2D eigenvalue weighted by molar-refractivity contribution is 0.205. The van der Waals surface area contributed by atoms with E-state index in [0.717, 1.165) is 5.75 Å². The molecule has 0 amide bonds. The fourth-order valence-corrected chi connectivity index (χ4v) is 3.80. The molecule has 0 saturated carbocycles. The fraction of sp³-hybridized carbons (Fsp3) is 0.533. The van der Waals surface area contributed by atoms with E-state index in [9.17, 15) is 5.11 Å². The van der Waals surface area contributed by atoms with Crippen molar-refractivity contribution < 1.29 is 9.63 Å². The van der Waals surface area contributed by atoms with E-state index in [-0.39, 0.29) is 6.10 Å². The molecule has 1 aromatic rings. The van der Waals surface area contributed by atoms with E-state index in [2.05, 4.69) is 44.2 Å². The Morgan fingerprint density at radius 2 is 2.10 bits per heavy atom. The normalized spacial score (nSPS) is 13.7. The molecule has 0 aliphatic heterocycles. The number of aliphatic hydroxyl groups is 1. The molecular formula is C15H25NO2PS+. The molecule has 0 fully saturated rings. The summed E-state index contributed by atoms with van der Waals surface area (Å²) >= 11 is 1.74. The summed E-state index contributed by atoms with van der Waals surface area (Å²) in [5.74, 6) is 2.92. The van der Waals surface area contributed by atoms with E-state index >= 15 is 0 Å². The molecule has 0 radical (unpaired) electrons. The molecular weight excluding hydrogens is 289 g/mol. The Labute approximate surface area is 127 Å². The Morgan fingerprint density at radius 1 is 1.40 bits per heavy atom. The maximum absolute atomic E-state index is 9.41. The quantitative estimate of drug-likeness (QED) is 0.590. The summed E-state index contributed by atoms with van der Waals surface area (Å²) in [5, 5.41) is 12.8. The number of nitrogens with one attached hydrogen (secondary N) is 1. The van der Waals surface area contributed by atoms with Gasteiger partial charge in [0, 0.05) is 17.4 Å². The van der Waals surface area contributed by atoms with Gasteiger partial charge in [0.05, 0.1) is 6.10 Å². The van der Waals surface area contributed by atoms with Crippen molar-refractivity contribution in [1.29, 1.82) is 0 Å². The van der Waals surface area contributed by atoms with Gasteiger partial charge in [0.25, 0.3) is 0 Å². The van der Waals surface area contributed by atoms with Crippen LogP contribution in [0.5, 0.6) is 5.75 Å². The zero-order valence-corrected chi connectivity index (χ0v) is 14.6. The van der Waals surface area contributed by atoms with Crippen LogP contribution in [0.2, 0.25) is 0 Å². The van der Waals surface area contributed by atoms with Gasteiger partial charge in [0.1, 0.15) is 0 Å². The molecule has 112 valence electrons. The standard InChI is InChI=1S/C15H25NO2PS/c1-11(2)16-19(9-8-13(4)17)18-14-6-7-15(20-5)12(3)10-14/h6-7,9-11,13,16-17H,8H2,1-5H3/q+1. The minimum atomic E-state index is -0.877. The van der Waals surface area contributed by atoms with Gasteiger partial charge in [0.2, 0.25) is 0 Å². The fourth-order valence-electron chi connectivity index (χ4n) is 1.64. The second kappa shape index (κ2) is 8.68. The molecule has 2 N–H and O–H groups in total. The van der Waals surface area contributed by atoms with Crippen LogP contribution in [0.1, 0.15) is 32.8 Å². The highest BCUT2D eigenvalue weighted by Gasteiger charge is 2.17. The van der Waals surface area contributed by atoms with Crippen molar-refractivity contribution in [2.75, 3.05) is 6.26 Å². The largest absolute Gasteiger partial charge is 0.397 e. The van der Waals surface area contributed by atoms with E-state index in [1.165, 1.54) is 10.5 Å². The lowest BCUT2D eigenvalue weighted by atomic mass is 10.2. The maximum Gasteiger partial charge on any atom is 0.397 e. The molecule has 0 saturated heterocycles. The maximum atomic E-state index is 9.41. The van der Waals surface area contributed by atoms with Crippen molar-refractivity contribution in [2.45, 2.75) is 51.2 Å². The minimum absolute atomic E-state index is 0.335. The lowest BCUT2D eigenvalue weighted by Gasteiger charge is -2.06. The molecule has 0 aliphatic rings. The highest BCUT2D eigenvalue weighted by molar-refractivity contribution is 7.98. The molecule has 3 nitrogen and oxygen atoms in total. The minimum Gasteiger partial charge on any atom is -0.393 e. The number of aryl methyl sites for hydroxylation is 1. The predicted octanol–water partition coefficient (Wildman–Crippen LogP) is 3.98. The van der Waals surface area contributed by atoms with E-state index in [1.54, 1.807) is 18.7 Å². The van der Waals surface area contributed by atoms with Crippen molar-refractivity contribution >= 4 is 25.5 Å². The molecule has 1 aromatic carbocycles. The van der Waals surface area contributed by atoms with Gasteiger partial charge in [-0.1, -0.05) is 0 Å². The average Bonchev–Trinajstić information content (AvgIpc) is 2.35. The predicted molar refractivity (Wildman–Crippen MR) is 91.1 cm³/mol. The number of rotatable bonds is 7. The summed E-state index contributed by atoms with van der Waals surface area (Å²) in [6.45, 7) is 8.07. The molecule has 0 aliphatic carbocycles. The Kier molecular flexibility index (Phi) is 7.60. The van der Waals surface area contributed by atoms with Crippen LogP contribution in [-0.2, 0) is 0 Å². The molecule has 0 bridgehead atoms. The molecule has 2 atom stereocenters. The first kappa shape index (κ1) is 17.5. The van der Waals surface area contributed by atoms with Crippen molar-refractivity contribution in [3.63, 3.8) is 0 Å². The van der Waals surface area contributed by atoms with Crippen LogP contribution < -0.4 is 9.61 Å². The smallest absolute Gasteiger partial charge is 0.393 e. The Morgan fingerprint density at radius 3 is 2.60 bits per heavy atom. The van der Waals surface area contributed by atoms with Crippen LogP contribution in [0.15, 0.2) is 23.1 Å². The SMILES string of the molecule is CSc1ccc(O[P+](=CCC(C)O)NC(C)C)cc1C. The van der Waals surface area contributed by atoms with Crippen molar-refractivity contribution in [3.8, 4) is 5.75 Å². The monoisotopic (exact) mass is 314 g/mol. The van der Waals surface area contributed by atoms with Gasteiger partial charge in [-0.25, -0.2) is 0 Å². The number of aliphatic hydroxyl groups excluding tert-OH is 1. The van der Waals surface area contributed by atoms with Crippen molar-refractivity contribution in [2.24, 2.45) is 0 Å². The van der Waals surface area contributed by atoms with Crippen molar-refractivity contribution in [3.05, 3.63) is 23.8 Å². The van der Waals surface area contributed by atoms with E-state index in [0.29, 0.717) is 12.5 Å². The summed E-state index contributed by atoms with van der Waals surface area (Å²) in [7, 11) is -0.877. The van der Waals surface area contributed by atoms with Crippen molar-refractivity contribution in [1.82, 2.24) is 5.09 Å². The van der Waals surface area contributed by atoms with Gasteiger partial charge >= 0.3 is 7.92 Å². The van der Waals surface area contributed by atoms with Gasteiger partial charge < -0.3 is 5.11 Å². The van der Waals surface area contributed by atoms with Crippen LogP contribution in [0.25, 0.3) is 0 Å². The summed E-state index contributed by atoms with van der Waals surface area (Å²) < 4.78 is 6.03. The molecule has 2 unspecified atom stereocenters. The zero-order chi connectivity index (χ0) is 15.1. The third kappa shape index (κ3) is 6.27. The number of benzene rings is 1. The number of hydrogen-bond donors (Lipinski definition) is 2. The molecule has 0 spiro atoms. The first-order valence-electron chi connectivity index (χ1n) is 6.81. The first-order valence-corrected chi connectivity index (χ1v) is 9.37. The highest BCUT2D eigenvalue weighted by atomic mass is 32.2. The zero-order valence-electron chi connectivity index (χ0n) is 12.9. The van der Waals surface area contributed by atoms with E-state index < -0.39 is 7.92 Å². The molecule has 0 heterocycles. The first-order chi connectivity index (χ1) is 9.42. The molecule has 20 heavy (non-hydrogen) atoms. The second-order valence-electron chi connectivity index (χ2n) is 5.10. The van der Waals surface area contributed by atoms with Gasteiger partial charge in [-0.15, -0.1) is 16.8 Å². The molecule has 0 aromatic heterocycles. The second-order valence-corrected chi connectivity index (χ2v) is 7.41. The Hall–Kier alpha value is -0.540. The van der Waals surface area contributed by atoms with Crippen LogP contribution in [0.4, 0.5) is 0 Å². The van der Waals surface area contributed by atoms with Gasteiger partial charge in [-0.05, 0) is 57.7 Å². The number of thioether (sulfide) groups is 1. The Balaban J connectivity index is 2.83.